The van der Waals surface area contributed by atoms with Gasteiger partial charge in [-0.2, -0.15) is 5.10 Å². The lowest BCUT2D eigenvalue weighted by atomic mass is 10.0. The van der Waals surface area contributed by atoms with Crippen LogP contribution in [0.1, 0.15) is 16.7 Å². The van der Waals surface area contributed by atoms with Gasteiger partial charge < -0.3 is 18.9 Å². The highest BCUT2D eigenvalue weighted by Crippen LogP contribution is 2.32. The van der Waals surface area contributed by atoms with Crippen LogP contribution < -0.4 is 24.4 Å². The molecule has 1 N–H and O–H groups in total. The van der Waals surface area contributed by atoms with Gasteiger partial charge in [0.15, 0.2) is 28.8 Å². The summed E-state index contributed by atoms with van der Waals surface area (Å²) in [5, 5.41) is 4.69. The quantitative estimate of drug-likeness (QED) is 0.652. The van der Waals surface area contributed by atoms with Crippen LogP contribution in [-0.2, 0) is 0 Å². The highest BCUT2D eigenvalue weighted by Gasteiger charge is 2.19. The second-order valence-electron chi connectivity index (χ2n) is 6.69. The predicted molar refractivity (Wildman–Crippen MR) is 121 cm³/mol. The Morgan fingerprint density at radius 2 is 1.23 bits per heavy atom. The van der Waals surface area contributed by atoms with E-state index in [1.54, 1.807) is 28.4 Å². The van der Waals surface area contributed by atoms with Crippen LogP contribution in [0.15, 0.2) is 70.8 Å². The van der Waals surface area contributed by atoms with Crippen molar-refractivity contribution in [1.82, 2.24) is 5.43 Å². The molecule has 0 aromatic heterocycles. The van der Waals surface area contributed by atoms with Gasteiger partial charge in [-0.15, -0.1) is 0 Å². The second kappa shape index (κ2) is 8.79. The number of hydrogen-bond donors (Lipinski definition) is 1. The molecular weight excluding hydrogens is 394 g/mol. The van der Waals surface area contributed by atoms with Crippen LogP contribution in [0.5, 0.6) is 23.0 Å². The molecule has 0 radical (unpaired) electrons. The smallest absolute Gasteiger partial charge is 0.161 e. The van der Waals surface area contributed by atoms with E-state index in [1.807, 2.05) is 60.7 Å². The summed E-state index contributed by atoms with van der Waals surface area (Å²) < 4.78 is 21.6. The van der Waals surface area contributed by atoms with E-state index >= 15 is 0 Å². The fraction of sp³-hybridized carbons (Fsp3) is 0.167. The molecule has 1 aliphatic heterocycles. The SMILES string of the molecule is COc1ccc(C2=Nc3ccccc3C(c3ccc(OC)c(OC)c3)=NN2)cc1OC. The van der Waals surface area contributed by atoms with Crippen LogP contribution in [0, 0.1) is 0 Å². The molecular formula is C24H23N3O4. The standard InChI is InChI=1S/C24H23N3O4/c1-28-19-11-9-15(13-21(19)30-3)23-17-7-5-6-8-18(17)25-24(27-26-23)16-10-12-20(29-2)22(14-16)31-4/h5-14H,1-4H3,(H,25,27). The summed E-state index contributed by atoms with van der Waals surface area (Å²) in [6.07, 6.45) is 0. The van der Waals surface area contributed by atoms with Crippen LogP contribution >= 0.6 is 0 Å². The van der Waals surface area contributed by atoms with Crippen LogP contribution in [0.4, 0.5) is 5.69 Å². The number of ether oxygens (including phenoxy) is 4. The van der Waals surface area contributed by atoms with Gasteiger partial charge >= 0.3 is 0 Å². The molecule has 3 aromatic rings. The number of benzene rings is 3. The van der Waals surface area contributed by atoms with Crippen molar-refractivity contribution in [3.8, 4) is 23.0 Å². The average molecular weight is 417 g/mol. The Balaban J connectivity index is 1.81. The van der Waals surface area contributed by atoms with Gasteiger partial charge in [0.05, 0.1) is 34.1 Å². The monoisotopic (exact) mass is 417 g/mol. The molecule has 3 aromatic carbocycles. The fourth-order valence-corrected chi connectivity index (χ4v) is 3.40. The summed E-state index contributed by atoms with van der Waals surface area (Å²) in [6.45, 7) is 0. The Morgan fingerprint density at radius 3 is 1.87 bits per heavy atom. The Bertz CT molecular complexity index is 1170. The minimum Gasteiger partial charge on any atom is -0.493 e. The third-order valence-electron chi connectivity index (χ3n) is 4.98. The van der Waals surface area contributed by atoms with Crippen molar-refractivity contribution in [2.75, 3.05) is 28.4 Å². The van der Waals surface area contributed by atoms with E-state index in [2.05, 4.69) is 10.5 Å². The number of nitrogens with one attached hydrogen (secondary N) is 1. The fourth-order valence-electron chi connectivity index (χ4n) is 3.40. The summed E-state index contributed by atoms with van der Waals surface area (Å²) >= 11 is 0. The van der Waals surface area contributed by atoms with Crippen molar-refractivity contribution in [3.63, 3.8) is 0 Å². The number of hydrazone groups is 1. The Kier molecular flexibility index (Phi) is 5.75. The molecule has 0 unspecified atom stereocenters. The van der Waals surface area contributed by atoms with Crippen molar-refractivity contribution in [2.24, 2.45) is 10.1 Å². The van der Waals surface area contributed by atoms with E-state index in [4.69, 9.17) is 23.9 Å². The molecule has 4 rings (SSSR count). The molecule has 0 amide bonds. The van der Waals surface area contributed by atoms with E-state index < -0.39 is 0 Å². The molecule has 0 atom stereocenters. The van der Waals surface area contributed by atoms with Gasteiger partial charge in [-0.25, -0.2) is 4.99 Å². The Morgan fingerprint density at radius 1 is 0.645 bits per heavy atom. The number of nitrogens with zero attached hydrogens (tertiary/aromatic N) is 2. The van der Waals surface area contributed by atoms with Gasteiger partial charge in [0.1, 0.15) is 5.71 Å². The van der Waals surface area contributed by atoms with Crippen LogP contribution in [0.3, 0.4) is 0 Å². The molecule has 0 saturated carbocycles. The highest BCUT2D eigenvalue weighted by atomic mass is 16.5. The third-order valence-corrected chi connectivity index (χ3v) is 4.98. The van der Waals surface area contributed by atoms with E-state index in [9.17, 15) is 0 Å². The zero-order chi connectivity index (χ0) is 21.8. The topological polar surface area (TPSA) is 73.7 Å². The van der Waals surface area contributed by atoms with E-state index in [0.717, 1.165) is 28.1 Å². The second-order valence-corrected chi connectivity index (χ2v) is 6.69. The summed E-state index contributed by atoms with van der Waals surface area (Å²) in [5.41, 5.74) is 7.26. The number of para-hydroxylation sites is 1. The van der Waals surface area contributed by atoms with Crippen LogP contribution in [0.2, 0.25) is 0 Å². The van der Waals surface area contributed by atoms with E-state index in [0.29, 0.717) is 28.8 Å². The minimum absolute atomic E-state index is 0.601. The van der Waals surface area contributed by atoms with Crippen molar-refractivity contribution >= 4 is 17.2 Å². The summed E-state index contributed by atoms with van der Waals surface area (Å²) in [5.74, 6) is 3.15. The zero-order valence-electron chi connectivity index (χ0n) is 17.8. The van der Waals surface area contributed by atoms with Crippen LogP contribution in [-0.4, -0.2) is 40.0 Å². The van der Waals surface area contributed by atoms with E-state index in [-0.39, 0.29) is 0 Å². The maximum Gasteiger partial charge on any atom is 0.161 e. The Labute approximate surface area is 180 Å². The molecule has 0 saturated heterocycles. The number of aliphatic imine (C=N–C) groups is 1. The first-order valence-electron chi connectivity index (χ1n) is 9.65. The molecule has 1 aliphatic rings. The van der Waals surface area contributed by atoms with E-state index in [1.165, 1.54) is 0 Å². The molecule has 0 aliphatic carbocycles. The normalized spacial score (nSPS) is 12.5. The van der Waals surface area contributed by atoms with Gasteiger partial charge in [0, 0.05) is 16.7 Å². The van der Waals surface area contributed by atoms with Gasteiger partial charge in [0.2, 0.25) is 0 Å². The summed E-state index contributed by atoms with van der Waals surface area (Å²) in [6, 6.07) is 19.2. The first-order chi connectivity index (χ1) is 15.2. The van der Waals surface area contributed by atoms with Gasteiger partial charge in [-0.05, 0) is 42.5 Å². The number of rotatable bonds is 6. The van der Waals surface area contributed by atoms with Crippen molar-refractivity contribution in [1.29, 1.82) is 0 Å². The predicted octanol–water partition coefficient (Wildman–Crippen LogP) is 4.15. The van der Waals surface area contributed by atoms with Gasteiger partial charge in [-0.1, -0.05) is 18.2 Å². The number of hydrogen-bond acceptors (Lipinski definition) is 7. The number of fused-ring (bicyclic) bond motifs is 1. The summed E-state index contributed by atoms with van der Waals surface area (Å²) in [4.78, 5) is 4.83. The first-order valence-corrected chi connectivity index (χ1v) is 9.65. The van der Waals surface area contributed by atoms with Crippen molar-refractivity contribution in [2.45, 2.75) is 0 Å². The largest absolute Gasteiger partial charge is 0.493 e. The number of methoxy groups -OCH3 is 4. The van der Waals surface area contributed by atoms with Crippen molar-refractivity contribution < 1.29 is 18.9 Å². The molecule has 158 valence electrons. The van der Waals surface area contributed by atoms with Gasteiger partial charge in [-0.3, -0.25) is 5.43 Å². The molecule has 1 heterocycles. The molecule has 31 heavy (non-hydrogen) atoms. The summed E-state index contributed by atoms with van der Waals surface area (Å²) in [7, 11) is 6.43. The molecule has 0 spiro atoms. The van der Waals surface area contributed by atoms with Crippen molar-refractivity contribution in [3.05, 3.63) is 77.4 Å². The first kappa shape index (κ1) is 20.3. The molecule has 0 fully saturated rings. The lowest BCUT2D eigenvalue weighted by Crippen LogP contribution is -2.20. The number of amidine groups is 1. The highest BCUT2D eigenvalue weighted by molar-refractivity contribution is 6.18. The maximum absolute atomic E-state index is 5.47. The van der Waals surface area contributed by atoms with Gasteiger partial charge in [0.25, 0.3) is 0 Å². The zero-order valence-corrected chi connectivity index (χ0v) is 17.8. The molecule has 0 bridgehead atoms. The molecule has 7 heteroatoms. The lowest BCUT2D eigenvalue weighted by Gasteiger charge is -2.12. The third kappa shape index (κ3) is 3.90. The van der Waals surface area contributed by atoms with Crippen LogP contribution in [0.25, 0.3) is 0 Å². The lowest BCUT2D eigenvalue weighted by molar-refractivity contribution is 0.355. The average Bonchev–Trinajstić information content (AvgIpc) is 3.03. The Hall–Kier alpha value is -4.00. The minimum atomic E-state index is 0.601. The molecule has 7 nitrogen and oxygen atoms in total. The maximum atomic E-state index is 5.47.